The second kappa shape index (κ2) is 13.3. The van der Waals surface area contributed by atoms with Crippen LogP contribution in [0.5, 0.6) is 11.5 Å². The van der Waals surface area contributed by atoms with E-state index in [0.717, 1.165) is 40.5 Å². The number of nitrogens with zero attached hydrogens (tertiary/aromatic N) is 5. The normalized spacial score (nSPS) is 23.0. The SMILES string of the molecule is COc1ccc([Si](C)(C)[C@H]2[C@H](CCn3cc(CCO)nn3)O[C@@]3(C(=O)N(Cc4ccc(N5CCC5=O)cc4)c4ccc(OC)cc43)[C@@H]2C)cc1. The van der Waals surface area contributed by atoms with E-state index in [1.54, 1.807) is 23.8 Å². The van der Waals surface area contributed by atoms with Crippen molar-refractivity contribution in [1.82, 2.24) is 15.0 Å². The van der Waals surface area contributed by atoms with Gasteiger partial charge in [0.15, 0.2) is 5.60 Å². The maximum absolute atomic E-state index is 15.1. The Kier molecular flexibility index (Phi) is 9.04. The van der Waals surface area contributed by atoms with Crippen LogP contribution in [0.2, 0.25) is 18.6 Å². The number of aryl methyl sites for hydroxylation is 1. The molecule has 3 aliphatic rings. The Bertz CT molecular complexity index is 1880. The Hall–Kier alpha value is -4.52. The van der Waals surface area contributed by atoms with Gasteiger partial charge in [0.05, 0.1) is 46.3 Å². The molecule has 2 amide bonds. The molecule has 0 radical (unpaired) electrons. The van der Waals surface area contributed by atoms with Crippen LogP contribution in [0, 0.1) is 5.92 Å². The van der Waals surface area contributed by atoms with Gasteiger partial charge in [0.25, 0.3) is 5.91 Å². The van der Waals surface area contributed by atoms with Gasteiger partial charge in [0.2, 0.25) is 5.91 Å². The van der Waals surface area contributed by atoms with Crippen molar-refractivity contribution < 1.29 is 28.9 Å². The third kappa shape index (κ3) is 5.68. The van der Waals surface area contributed by atoms with E-state index in [1.807, 2.05) is 65.7 Å². The second-order valence-electron chi connectivity index (χ2n) is 14.1. The van der Waals surface area contributed by atoms with E-state index in [1.165, 1.54) is 5.19 Å². The summed E-state index contributed by atoms with van der Waals surface area (Å²) in [7, 11) is 0.981. The minimum Gasteiger partial charge on any atom is -0.497 e. The van der Waals surface area contributed by atoms with E-state index in [2.05, 4.69) is 42.5 Å². The predicted octanol–water partition coefficient (Wildman–Crippen LogP) is 4.42. The van der Waals surface area contributed by atoms with E-state index >= 15 is 4.79 Å². The number of ether oxygens (including phenoxy) is 3. The smallest absolute Gasteiger partial charge is 0.264 e. The van der Waals surface area contributed by atoms with E-state index in [4.69, 9.17) is 14.2 Å². The van der Waals surface area contributed by atoms with Crippen LogP contribution in [0.4, 0.5) is 11.4 Å². The van der Waals surface area contributed by atoms with E-state index in [0.29, 0.717) is 38.1 Å². The molecule has 3 aromatic carbocycles. The molecule has 12 heteroatoms. The van der Waals surface area contributed by atoms with Crippen LogP contribution >= 0.6 is 0 Å². The van der Waals surface area contributed by atoms with Crippen LogP contribution in [0.25, 0.3) is 0 Å². The third-order valence-corrected chi connectivity index (χ3v) is 15.4. The molecule has 262 valence electrons. The van der Waals surface area contributed by atoms with Crippen molar-refractivity contribution in [3.8, 4) is 11.5 Å². The van der Waals surface area contributed by atoms with Gasteiger partial charge in [-0.25, -0.2) is 0 Å². The Balaban J connectivity index is 1.26. The van der Waals surface area contributed by atoms with E-state index in [9.17, 15) is 9.90 Å². The topological polar surface area (TPSA) is 119 Å². The number of methoxy groups -OCH3 is 2. The third-order valence-electron chi connectivity index (χ3n) is 11.1. The first-order valence-corrected chi connectivity index (χ1v) is 20.4. The number of aliphatic hydroxyl groups is 1. The van der Waals surface area contributed by atoms with Crippen LogP contribution in [0.3, 0.4) is 0 Å². The van der Waals surface area contributed by atoms with Crippen molar-refractivity contribution >= 4 is 36.4 Å². The lowest BCUT2D eigenvalue weighted by molar-refractivity contribution is -0.146. The van der Waals surface area contributed by atoms with Crippen LogP contribution in [-0.2, 0) is 39.4 Å². The standard InChI is InChI=1S/C38H45N5O6Si/c1-25-36(50(4,5)31-13-10-29(47-2)11-14-31)34(16-19-41-24-27(18-21-44)39-40-41)49-38(25)32-22-30(48-3)12-15-33(32)43(37(38)46)23-26-6-8-28(9-7-26)42-20-17-35(42)45/h6-15,22,24-25,34,36,44H,16-21,23H2,1-5H3/t25-,34+,36-,38+/m1/s1. The highest BCUT2D eigenvalue weighted by Gasteiger charge is 2.66. The fourth-order valence-corrected chi connectivity index (χ4v) is 12.4. The Morgan fingerprint density at radius 3 is 2.36 bits per heavy atom. The maximum Gasteiger partial charge on any atom is 0.264 e. The number of carbonyl (C=O) groups is 2. The molecule has 3 aliphatic heterocycles. The quantitative estimate of drug-likeness (QED) is 0.171. The van der Waals surface area contributed by atoms with Crippen LogP contribution in [0.1, 0.15) is 36.6 Å². The summed E-state index contributed by atoms with van der Waals surface area (Å²) in [6.45, 7) is 8.59. The number of aliphatic hydroxyl groups excluding tert-OH is 1. The van der Waals surface area contributed by atoms with Crippen molar-refractivity contribution in [3.63, 3.8) is 0 Å². The number of benzene rings is 3. The number of hydrogen-bond donors (Lipinski definition) is 1. The molecule has 2 saturated heterocycles. The van der Waals surface area contributed by atoms with Gasteiger partial charge in [0, 0.05) is 55.9 Å². The zero-order valence-electron chi connectivity index (χ0n) is 29.3. The molecule has 1 N–H and O–H groups in total. The number of hydrogen-bond acceptors (Lipinski definition) is 8. The Labute approximate surface area is 293 Å². The first kappa shape index (κ1) is 33.9. The first-order valence-electron chi connectivity index (χ1n) is 17.3. The summed E-state index contributed by atoms with van der Waals surface area (Å²) in [5, 5.41) is 19.2. The number of carbonyl (C=O) groups excluding carboxylic acids is 2. The lowest BCUT2D eigenvalue weighted by atomic mass is 9.82. The molecular weight excluding hydrogens is 651 g/mol. The van der Waals surface area contributed by atoms with Gasteiger partial charge in [-0.15, -0.1) is 5.10 Å². The Morgan fingerprint density at radius 2 is 1.72 bits per heavy atom. The molecule has 4 aromatic rings. The summed E-state index contributed by atoms with van der Waals surface area (Å²) in [5.41, 5.74) is 3.07. The zero-order valence-corrected chi connectivity index (χ0v) is 30.3. The summed E-state index contributed by atoms with van der Waals surface area (Å²) < 4.78 is 20.3. The predicted molar refractivity (Wildman–Crippen MR) is 193 cm³/mol. The van der Waals surface area contributed by atoms with Crippen molar-refractivity contribution in [1.29, 1.82) is 0 Å². The molecule has 0 saturated carbocycles. The average Bonchev–Trinajstić information content (AvgIpc) is 3.77. The highest BCUT2D eigenvalue weighted by molar-refractivity contribution is 6.91. The van der Waals surface area contributed by atoms with Crippen LogP contribution in [-0.4, -0.2) is 73.5 Å². The molecule has 50 heavy (non-hydrogen) atoms. The number of rotatable bonds is 12. The highest BCUT2D eigenvalue weighted by Crippen LogP contribution is 2.60. The molecule has 7 rings (SSSR count). The van der Waals surface area contributed by atoms with Gasteiger partial charge in [-0.05, 0) is 60.0 Å². The summed E-state index contributed by atoms with van der Waals surface area (Å²) in [4.78, 5) is 30.8. The molecule has 4 heterocycles. The molecule has 1 aromatic heterocycles. The summed E-state index contributed by atoms with van der Waals surface area (Å²) in [6.07, 6.45) is 3.28. The van der Waals surface area contributed by atoms with Gasteiger partial charge >= 0.3 is 0 Å². The van der Waals surface area contributed by atoms with Gasteiger partial charge in [-0.2, -0.15) is 0 Å². The molecule has 0 bridgehead atoms. The molecule has 11 nitrogen and oxygen atoms in total. The maximum atomic E-state index is 15.1. The summed E-state index contributed by atoms with van der Waals surface area (Å²) in [5.74, 6) is 1.36. The molecule has 2 fully saturated rings. The Morgan fingerprint density at radius 1 is 1.00 bits per heavy atom. The van der Waals surface area contributed by atoms with Gasteiger partial charge in [0.1, 0.15) is 11.5 Å². The van der Waals surface area contributed by atoms with Gasteiger partial charge in [-0.3, -0.25) is 14.3 Å². The van der Waals surface area contributed by atoms with Crippen molar-refractivity contribution in [3.05, 3.63) is 89.7 Å². The lowest BCUT2D eigenvalue weighted by Crippen LogP contribution is -2.51. The second-order valence-corrected chi connectivity index (χ2v) is 18.8. The largest absolute Gasteiger partial charge is 0.497 e. The minimum atomic E-state index is -2.33. The van der Waals surface area contributed by atoms with Crippen molar-refractivity contribution in [2.75, 3.05) is 37.2 Å². The lowest BCUT2D eigenvalue weighted by Gasteiger charge is -2.37. The fourth-order valence-electron chi connectivity index (χ4n) is 8.33. The molecular formula is C38H45N5O6Si. The number of aromatic nitrogens is 3. The zero-order chi connectivity index (χ0) is 35.2. The number of amides is 2. The molecule has 0 aliphatic carbocycles. The monoisotopic (exact) mass is 695 g/mol. The molecule has 1 spiro atoms. The van der Waals surface area contributed by atoms with Crippen molar-refractivity contribution in [2.45, 2.75) is 69.6 Å². The summed E-state index contributed by atoms with van der Waals surface area (Å²) in [6, 6.07) is 22.1. The van der Waals surface area contributed by atoms with Crippen LogP contribution < -0.4 is 24.5 Å². The first-order chi connectivity index (χ1) is 24.1. The van der Waals surface area contributed by atoms with Crippen LogP contribution in [0.15, 0.2) is 72.9 Å². The van der Waals surface area contributed by atoms with Gasteiger partial charge < -0.3 is 29.1 Å². The van der Waals surface area contributed by atoms with Crippen molar-refractivity contribution in [2.24, 2.45) is 5.92 Å². The van der Waals surface area contributed by atoms with Gasteiger partial charge in [-0.1, -0.05) is 54.7 Å². The molecule has 0 unspecified atom stereocenters. The molecule has 4 atom stereocenters. The minimum absolute atomic E-state index is 0.0118. The number of anilines is 2. The van der Waals surface area contributed by atoms with E-state index in [-0.39, 0.29) is 36.0 Å². The summed E-state index contributed by atoms with van der Waals surface area (Å²) >= 11 is 0. The fraction of sp³-hybridized carbons (Fsp3) is 0.421. The number of β-lactam (4-membered cyclic amide) rings is 1. The average molecular weight is 696 g/mol. The number of fused-ring (bicyclic) bond motifs is 2. The highest BCUT2D eigenvalue weighted by atomic mass is 28.3. The van der Waals surface area contributed by atoms with E-state index < -0.39 is 13.7 Å².